The zero-order valence-corrected chi connectivity index (χ0v) is 37.2. The number of aliphatic carboxylic acids is 1. The van der Waals surface area contributed by atoms with Gasteiger partial charge >= 0.3 is 5.97 Å². The maximum atomic E-state index is 13.9. The van der Waals surface area contributed by atoms with Gasteiger partial charge in [0.1, 0.15) is 11.5 Å². The molecule has 1 aromatic heterocycles. The van der Waals surface area contributed by atoms with Gasteiger partial charge in [-0.1, -0.05) is 60.1 Å². The third kappa shape index (κ3) is 7.57. The van der Waals surface area contributed by atoms with E-state index in [-0.39, 0.29) is 51.2 Å². The van der Waals surface area contributed by atoms with Gasteiger partial charge in [-0.2, -0.15) is 0 Å². The lowest BCUT2D eigenvalue weighted by Crippen LogP contribution is -2.62. The minimum atomic E-state index is -0.756. The third-order valence-electron chi connectivity index (χ3n) is 17.8. The minimum Gasteiger partial charge on any atom is -0.481 e. The number of aldehydes is 1. The molecule has 1 amide bonds. The molecular formula is C49H73N3O6. The van der Waals surface area contributed by atoms with E-state index in [9.17, 15) is 29.1 Å². The number of carbonyl (C=O) groups is 5. The van der Waals surface area contributed by atoms with Crippen molar-refractivity contribution >= 4 is 29.7 Å². The number of nitrogens with zero attached hydrogens (tertiary/aromatic N) is 1. The summed E-state index contributed by atoms with van der Waals surface area (Å²) in [7, 11) is 1.82. The van der Waals surface area contributed by atoms with Gasteiger partial charge in [0, 0.05) is 36.9 Å². The van der Waals surface area contributed by atoms with E-state index >= 15 is 0 Å². The van der Waals surface area contributed by atoms with Gasteiger partial charge in [0.15, 0.2) is 12.1 Å². The molecule has 11 unspecified atom stereocenters. The van der Waals surface area contributed by atoms with Gasteiger partial charge in [-0.25, -0.2) is 0 Å². The molecule has 320 valence electrons. The number of allylic oxidation sites excluding steroid dienone is 2. The van der Waals surface area contributed by atoms with E-state index < -0.39 is 11.5 Å². The van der Waals surface area contributed by atoms with E-state index in [1.165, 1.54) is 31.3 Å². The third-order valence-corrected chi connectivity index (χ3v) is 17.8. The van der Waals surface area contributed by atoms with Gasteiger partial charge < -0.3 is 15.7 Å². The highest BCUT2D eigenvalue weighted by Gasteiger charge is 2.66. The van der Waals surface area contributed by atoms with Crippen molar-refractivity contribution in [3.63, 3.8) is 0 Å². The molecule has 6 aliphatic rings. The normalized spacial score (nSPS) is 37.5. The summed E-state index contributed by atoms with van der Waals surface area (Å²) < 4.78 is 0. The Hall–Kier alpha value is -3.20. The monoisotopic (exact) mass is 800 g/mol. The minimum absolute atomic E-state index is 0.00785. The fourth-order valence-corrected chi connectivity index (χ4v) is 14.3. The smallest absolute Gasteiger partial charge is 0.306 e. The summed E-state index contributed by atoms with van der Waals surface area (Å²) in [5, 5.41) is 15.8. The van der Waals surface area contributed by atoms with Crippen molar-refractivity contribution in [2.24, 2.45) is 74.9 Å². The number of hydrogen-bond acceptors (Lipinski definition) is 7. The Labute approximate surface area is 348 Å². The summed E-state index contributed by atoms with van der Waals surface area (Å²) in [6.07, 6.45) is 14.1. The fourth-order valence-electron chi connectivity index (χ4n) is 14.3. The van der Waals surface area contributed by atoms with Crippen LogP contribution in [0.15, 0.2) is 35.5 Å². The molecule has 5 fully saturated rings. The number of nitrogens with one attached hydrogen (secondary N) is 2. The van der Waals surface area contributed by atoms with Crippen molar-refractivity contribution < 1.29 is 29.1 Å². The van der Waals surface area contributed by atoms with Crippen LogP contribution in [0.3, 0.4) is 0 Å². The highest BCUT2D eigenvalue weighted by Crippen LogP contribution is 2.74. The lowest BCUT2D eigenvalue weighted by atomic mass is 9.35. The molecule has 5 saturated carbocycles. The molecule has 58 heavy (non-hydrogen) atoms. The van der Waals surface area contributed by atoms with E-state index in [0.717, 1.165) is 44.0 Å². The highest BCUT2D eigenvalue weighted by atomic mass is 16.4. The summed E-state index contributed by atoms with van der Waals surface area (Å²) in [6, 6.07) is 5.21. The van der Waals surface area contributed by atoms with Gasteiger partial charge in [-0.15, -0.1) is 0 Å². The molecule has 7 rings (SSSR count). The van der Waals surface area contributed by atoms with Crippen molar-refractivity contribution in [1.82, 2.24) is 15.6 Å². The standard InChI is InChI=1S/C43H68N2O5.C6H5NO/c1-24(2)35-32(47)23-43(19-20-45-38(50)40(6,7)44-10)18-14-30-27(36(35)43)11-12-34-41(30,8)17-15-33-39(4,5)26(13-16-42(33,34)9)21-31(46)28-22-29(25(28)3)37(48)49;8-5-6-3-1-2-4-7-6/h24-30,33-34,44H,11-23H2,1-10H3,(H,45,50)(H,48,49);1-5H. The van der Waals surface area contributed by atoms with Crippen molar-refractivity contribution in [1.29, 1.82) is 0 Å². The molecule has 1 heterocycles. The molecule has 3 N–H and O–H groups in total. The first-order valence-electron chi connectivity index (χ1n) is 22.5. The Morgan fingerprint density at radius 3 is 2.26 bits per heavy atom. The molecule has 1 aromatic rings. The maximum Gasteiger partial charge on any atom is 0.306 e. The van der Waals surface area contributed by atoms with Gasteiger partial charge in [-0.05, 0) is 160 Å². The van der Waals surface area contributed by atoms with E-state index in [2.05, 4.69) is 57.2 Å². The first kappa shape index (κ1) is 44.4. The molecule has 0 saturated heterocycles. The maximum absolute atomic E-state index is 13.9. The van der Waals surface area contributed by atoms with Crippen LogP contribution in [-0.4, -0.2) is 59.0 Å². The molecule has 0 spiro atoms. The number of pyridine rings is 1. The summed E-state index contributed by atoms with van der Waals surface area (Å²) in [5.41, 5.74) is 2.82. The second-order valence-electron chi connectivity index (χ2n) is 21.5. The van der Waals surface area contributed by atoms with Crippen LogP contribution in [0.25, 0.3) is 0 Å². The molecule has 6 aliphatic carbocycles. The molecule has 9 heteroatoms. The SMILES string of the molecule is CNC(C)(C)C(=O)NCCC12CCC3C(CCC4C3(C)CCC3C(C)(C)C(CC(=O)C5CC(C(=O)O)C5C)CCC34C)C1=C(C(C)C)C(=O)C2.O=Cc1ccccn1. The van der Waals surface area contributed by atoms with Crippen LogP contribution in [0.2, 0.25) is 0 Å². The number of amides is 1. The Balaban J connectivity index is 0.000000633. The molecule has 0 bridgehead atoms. The van der Waals surface area contributed by atoms with Crippen LogP contribution >= 0.6 is 0 Å². The number of Topliss-reactive ketones (excluding diaryl/α,β-unsaturated/α-hetero) is 2. The Bertz CT molecular complexity index is 1780. The van der Waals surface area contributed by atoms with Crippen LogP contribution in [0.1, 0.15) is 150 Å². The molecular weight excluding hydrogens is 727 g/mol. The lowest BCUT2D eigenvalue weighted by molar-refractivity contribution is -0.193. The summed E-state index contributed by atoms with van der Waals surface area (Å²) >= 11 is 0. The summed E-state index contributed by atoms with van der Waals surface area (Å²) in [4.78, 5) is 65.6. The second kappa shape index (κ2) is 16.3. The van der Waals surface area contributed by atoms with Crippen LogP contribution in [0.4, 0.5) is 0 Å². The van der Waals surface area contributed by atoms with Crippen LogP contribution in [0.5, 0.6) is 0 Å². The largest absolute Gasteiger partial charge is 0.481 e. The second-order valence-corrected chi connectivity index (χ2v) is 21.5. The van der Waals surface area contributed by atoms with Crippen molar-refractivity contribution in [2.75, 3.05) is 13.6 Å². The van der Waals surface area contributed by atoms with E-state index in [4.69, 9.17) is 0 Å². The first-order chi connectivity index (χ1) is 27.2. The zero-order valence-electron chi connectivity index (χ0n) is 37.2. The fraction of sp³-hybridized carbons (Fsp3) is 0.755. The van der Waals surface area contributed by atoms with Crippen molar-refractivity contribution in [2.45, 2.75) is 145 Å². The molecule has 0 aromatic carbocycles. The topological polar surface area (TPSA) is 143 Å². The summed E-state index contributed by atoms with van der Waals surface area (Å²) in [5.74, 6) is 2.17. The van der Waals surface area contributed by atoms with E-state index in [0.29, 0.717) is 72.7 Å². The Morgan fingerprint density at radius 1 is 0.966 bits per heavy atom. The predicted molar refractivity (Wildman–Crippen MR) is 227 cm³/mol. The van der Waals surface area contributed by atoms with Crippen LogP contribution < -0.4 is 10.6 Å². The van der Waals surface area contributed by atoms with Gasteiger partial charge in [0.25, 0.3) is 0 Å². The van der Waals surface area contributed by atoms with Crippen LogP contribution in [0, 0.1) is 74.9 Å². The number of carboxylic acid groups (broad SMARTS) is 1. The van der Waals surface area contributed by atoms with Crippen LogP contribution in [-0.2, 0) is 19.2 Å². The predicted octanol–water partition coefficient (Wildman–Crippen LogP) is 8.91. The number of rotatable bonds is 11. The Morgan fingerprint density at radius 2 is 1.67 bits per heavy atom. The number of carboxylic acids is 1. The average Bonchev–Trinajstić information content (AvgIpc) is 3.47. The Kier molecular flexibility index (Phi) is 12.5. The van der Waals surface area contributed by atoms with Crippen molar-refractivity contribution in [3.8, 4) is 0 Å². The van der Waals surface area contributed by atoms with Crippen molar-refractivity contribution in [3.05, 3.63) is 41.2 Å². The average molecular weight is 800 g/mol. The molecule has 0 aliphatic heterocycles. The number of hydrogen-bond donors (Lipinski definition) is 3. The molecule has 9 nitrogen and oxygen atoms in total. The van der Waals surface area contributed by atoms with Gasteiger partial charge in [0.2, 0.25) is 5.91 Å². The highest BCUT2D eigenvalue weighted by molar-refractivity contribution is 6.00. The number of fused-ring (bicyclic) bond motifs is 7. The number of ketones is 2. The molecule has 11 atom stereocenters. The van der Waals surface area contributed by atoms with E-state index in [1.807, 2.05) is 27.8 Å². The number of aromatic nitrogens is 1. The van der Waals surface area contributed by atoms with Gasteiger partial charge in [0.05, 0.1) is 11.5 Å². The first-order valence-corrected chi connectivity index (χ1v) is 22.5. The van der Waals surface area contributed by atoms with Gasteiger partial charge in [-0.3, -0.25) is 29.0 Å². The lowest BCUT2D eigenvalue weighted by Gasteiger charge is -2.69. The number of carbonyl (C=O) groups excluding carboxylic acids is 4. The number of likely N-dealkylation sites (N-methyl/N-ethyl adjacent to an activating group) is 1. The molecule has 0 radical (unpaired) electrons. The zero-order chi connectivity index (χ0) is 42.6. The van der Waals surface area contributed by atoms with E-state index in [1.54, 1.807) is 24.4 Å². The summed E-state index contributed by atoms with van der Waals surface area (Å²) in [6.45, 7) is 20.9. The quantitative estimate of drug-likeness (QED) is 0.189.